The highest BCUT2D eigenvalue weighted by Gasteiger charge is 2.35. The number of imidazole rings is 1. The van der Waals surface area contributed by atoms with Crippen LogP contribution in [0.25, 0.3) is 11.2 Å². The van der Waals surface area contributed by atoms with Gasteiger partial charge < -0.3 is 15.2 Å². The van der Waals surface area contributed by atoms with Gasteiger partial charge in [0.2, 0.25) is 0 Å². The topological polar surface area (TPSA) is 81.2 Å². The summed E-state index contributed by atoms with van der Waals surface area (Å²) < 4.78 is 46.5. The Bertz CT molecular complexity index is 1470. The summed E-state index contributed by atoms with van der Waals surface area (Å²) in [6.45, 7) is 1.69. The first kappa shape index (κ1) is 26.2. The maximum Gasteiger partial charge on any atom is 0.418 e. The van der Waals surface area contributed by atoms with Crippen LogP contribution in [0, 0.1) is 5.92 Å². The maximum absolute atomic E-state index is 14.1. The van der Waals surface area contributed by atoms with Crippen molar-refractivity contribution >= 4 is 5.52 Å². The number of fused-ring (bicyclic) bond motifs is 1. The Hall–Kier alpha value is -3.44. The van der Waals surface area contributed by atoms with Gasteiger partial charge in [-0.05, 0) is 74.6 Å². The summed E-state index contributed by atoms with van der Waals surface area (Å²) in [5, 5.41) is 14.6. The molecule has 1 atom stereocenters. The first-order chi connectivity index (χ1) is 18.3. The fourth-order valence-electron chi connectivity index (χ4n) is 5.22. The molecule has 1 aromatic carbocycles. The number of rotatable bonds is 10. The lowest BCUT2D eigenvalue weighted by Gasteiger charge is -2.33. The van der Waals surface area contributed by atoms with Gasteiger partial charge in [0.25, 0.3) is 0 Å². The van der Waals surface area contributed by atoms with Crippen LogP contribution in [-0.4, -0.2) is 43.9 Å². The highest BCUT2D eigenvalue weighted by atomic mass is 19.4. The molecule has 202 valence electrons. The average molecular weight is 528 g/mol. The molecular formula is C27H32F3N7O. The minimum absolute atomic E-state index is 0.00439. The van der Waals surface area contributed by atoms with E-state index in [9.17, 15) is 18.0 Å². The zero-order valence-electron chi connectivity index (χ0n) is 21.5. The quantitative estimate of drug-likeness (QED) is 0.306. The highest BCUT2D eigenvalue weighted by molar-refractivity contribution is 5.58. The molecule has 0 amide bonds. The fraction of sp³-hybridized carbons (Fsp3) is 0.444. The third-order valence-corrected chi connectivity index (χ3v) is 7.39. The number of benzene rings is 1. The molecule has 0 spiro atoms. The number of aryl methyl sites for hydroxylation is 1. The Kier molecular flexibility index (Phi) is 7.40. The maximum atomic E-state index is 14.1. The smallest absolute Gasteiger partial charge is 0.320 e. The van der Waals surface area contributed by atoms with Crippen LogP contribution in [0.5, 0.6) is 0 Å². The van der Waals surface area contributed by atoms with E-state index in [0.29, 0.717) is 23.7 Å². The number of aromatic nitrogens is 5. The predicted molar refractivity (Wildman–Crippen MR) is 138 cm³/mol. The fourth-order valence-corrected chi connectivity index (χ4v) is 5.22. The second kappa shape index (κ2) is 10.7. The van der Waals surface area contributed by atoms with E-state index >= 15 is 0 Å². The van der Waals surface area contributed by atoms with Crippen molar-refractivity contribution in [2.75, 3.05) is 20.1 Å². The standard InChI is InChI=1S/C27H32F3N7O/c1-31-10-5-11-32-14-18-12-22(27(28,29)30)23-16-36(26(38)37(23)15-18)21-9-4-8-20(13-21)24(19-6-3-7-19)25-34-33-17-35(25)2/h4,8-9,12-13,15-17,19,24,31-32H,3,5-7,10-11,14H2,1-2H3/t24-/m1/s1. The van der Waals surface area contributed by atoms with Gasteiger partial charge in [-0.2, -0.15) is 13.2 Å². The van der Waals surface area contributed by atoms with Crippen LogP contribution in [0.4, 0.5) is 13.2 Å². The number of hydrogen-bond donors (Lipinski definition) is 2. The molecule has 0 bridgehead atoms. The summed E-state index contributed by atoms with van der Waals surface area (Å²) in [5.74, 6) is 1.24. The van der Waals surface area contributed by atoms with Gasteiger partial charge in [0.05, 0.1) is 16.8 Å². The van der Waals surface area contributed by atoms with Gasteiger partial charge in [0.15, 0.2) is 0 Å². The number of nitrogens with one attached hydrogen (secondary N) is 2. The summed E-state index contributed by atoms with van der Waals surface area (Å²) in [4.78, 5) is 13.4. The second-order valence-corrected chi connectivity index (χ2v) is 9.99. The van der Waals surface area contributed by atoms with Crippen molar-refractivity contribution < 1.29 is 13.2 Å². The van der Waals surface area contributed by atoms with Crippen molar-refractivity contribution in [3.8, 4) is 5.69 Å². The molecule has 3 aromatic heterocycles. The van der Waals surface area contributed by atoms with E-state index < -0.39 is 17.4 Å². The van der Waals surface area contributed by atoms with Crippen LogP contribution < -0.4 is 16.3 Å². The summed E-state index contributed by atoms with van der Waals surface area (Å²) in [6, 6.07) is 8.58. The Morgan fingerprint density at radius 1 is 1.16 bits per heavy atom. The van der Waals surface area contributed by atoms with Crippen molar-refractivity contribution in [1.82, 2.24) is 34.4 Å². The second-order valence-electron chi connectivity index (χ2n) is 9.99. The van der Waals surface area contributed by atoms with Gasteiger partial charge >= 0.3 is 11.9 Å². The van der Waals surface area contributed by atoms with E-state index in [1.54, 1.807) is 12.4 Å². The van der Waals surface area contributed by atoms with Gasteiger partial charge in [0, 0.05) is 31.9 Å². The number of hydrogen-bond acceptors (Lipinski definition) is 5. The zero-order valence-corrected chi connectivity index (χ0v) is 21.5. The molecule has 38 heavy (non-hydrogen) atoms. The van der Waals surface area contributed by atoms with E-state index in [1.165, 1.54) is 17.0 Å². The third-order valence-electron chi connectivity index (χ3n) is 7.39. The van der Waals surface area contributed by atoms with Crippen LogP contribution in [-0.2, 0) is 19.8 Å². The summed E-state index contributed by atoms with van der Waals surface area (Å²) in [5.41, 5.74) is 0.338. The van der Waals surface area contributed by atoms with Crippen LogP contribution in [0.15, 0.2) is 53.8 Å². The summed E-state index contributed by atoms with van der Waals surface area (Å²) in [6.07, 6.45) is 3.97. The minimum Gasteiger partial charge on any atom is -0.320 e. The molecule has 2 N–H and O–H groups in total. The van der Waals surface area contributed by atoms with Crippen molar-refractivity contribution in [2.45, 2.75) is 44.3 Å². The van der Waals surface area contributed by atoms with Crippen molar-refractivity contribution in [2.24, 2.45) is 13.0 Å². The van der Waals surface area contributed by atoms with Gasteiger partial charge in [-0.15, -0.1) is 10.2 Å². The SMILES string of the molecule is CNCCCNCc1cc(C(F)(F)F)c2cn(-c3cccc([C@H](c4nncn4C)C4CCC4)c3)c(=O)n2c1. The molecule has 1 fully saturated rings. The Morgan fingerprint density at radius 2 is 1.97 bits per heavy atom. The first-order valence-electron chi connectivity index (χ1n) is 12.9. The number of pyridine rings is 1. The Balaban J connectivity index is 1.54. The molecule has 0 saturated heterocycles. The van der Waals surface area contributed by atoms with Gasteiger partial charge in [-0.25, -0.2) is 4.79 Å². The molecular weight excluding hydrogens is 495 g/mol. The van der Waals surface area contributed by atoms with Crippen LogP contribution >= 0.6 is 0 Å². The van der Waals surface area contributed by atoms with Crippen LogP contribution in [0.1, 0.15) is 54.1 Å². The minimum atomic E-state index is -4.60. The van der Waals surface area contributed by atoms with Gasteiger partial charge in [-0.3, -0.25) is 8.97 Å². The molecule has 3 heterocycles. The Morgan fingerprint density at radius 3 is 2.63 bits per heavy atom. The van der Waals surface area contributed by atoms with E-state index in [4.69, 9.17) is 0 Å². The van der Waals surface area contributed by atoms with Crippen molar-refractivity contribution in [1.29, 1.82) is 0 Å². The predicted octanol–water partition coefficient (Wildman–Crippen LogP) is 3.87. The number of alkyl halides is 3. The normalized spacial score (nSPS) is 15.2. The van der Waals surface area contributed by atoms with Crippen molar-refractivity contribution in [3.05, 3.63) is 82.1 Å². The van der Waals surface area contributed by atoms with E-state index in [0.717, 1.165) is 54.1 Å². The lowest BCUT2D eigenvalue weighted by atomic mass is 9.72. The van der Waals surface area contributed by atoms with E-state index in [1.807, 2.05) is 36.9 Å². The largest absolute Gasteiger partial charge is 0.418 e. The highest BCUT2D eigenvalue weighted by Crippen LogP contribution is 2.43. The Labute approximate surface area is 218 Å². The molecule has 8 nitrogen and oxygen atoms in total. The van der Waals surface area contributed by atoms with E-state index in [2.05, 4.69) is 20.8 Å². The molecule has 0 radical (unpaired) electrons. The molecule has 11 heteroatoms. The molecule has 1 aliphatic rings. The molecule has 1 aliphatic carbocycles. The molecule has 5 rings (SSSR count). The molecule has 1 saturated carbocycles. The summed E-state index contributed by atoms with van der Waals surface area (Å²) in [7, 11) is 3.75. The molecule has 0 unspecified atom stereocenters. The van der Waals surface area contributed by atoms with Crippen LogP contribution in [0.2, 0.25) is 0 Å². The number of halogens is 3. The van der Waals surface area contributed by atoms with Crippen molar-refractivity contribution in [3.63, 3.8) is 0 Å². The lowest BCUT2D eigenvalue weighted by molar-refractivity contribution is -0.136. The summed E-state index contributed by atoms with van der Waals surface area (Å²) >= 11 is 0. The third kappa shape index (κ3) is 5.12. The molecule has 4 aromatic rings. The first-order valence-corrected chi connectivity index (χ1v) is 12.9. The lowest BCUT2D eigenvalue weighted by Crippen LogP contribution is -2.24. The van der Waals surface area contributed by atoms with Crippen LogP contribution in [0.3, 0.4) is 0 Å². The number of nitrogens with zero attached hydrogens (tertiary/aromatic N) is 5. The van der Waals surface area contributed by atoms with E-state index in [-0.39, 0.29) is 18.0 Å². The molecule has 0 aliphatic heterocycles. The van der Waals surface area contributed by atoms with Gasteiger partial charge in [-0.1, -0.05) is 18.6 Å². The van der Waals surface area contributed by atoms with Gasteiger partial charge in [0.1, 0.15) is 12.2 Å². The average Bonchev–Trinajstić information content (AvgIpc) is 3.43. The zero-order chi connectivity index (χ0) is 26.9. The monoisotopic (exact) mass is 527 g/mol.